The maximum absolute atomic E-state index is 11.1. The van der Waals surface area contributed by atoms with E-state index in [1.54, 1.807) is 18.7 Å². The van der Waals surface area contributed by atoms with Crippen molar-refractivity contribution in [2.45, 2.75) is 25.8 Å². The van der Waals surface area contributed by atoms with E-state index < -0.39 is 12.0 Å². The van der Waals surface area contributed by atoms with Gasteiger partial charge in [0.2, 0.25) is 5.91 Å². The Morgan fingerprint density at radius 3 is 2.54 bits per heavy atom. The Balaban J connectivity index is 3.80. The second-order valence-electron chi connectivity index (χ2n) is 2.61. The first kappa shape index (κ1) is 12.3. The van der Waals surface area contributed by atoms with E-state index in [2.05, 4.69) is 5.32 Å². The highest BCUT2D eigenvalue weighted by atomic mass is 32.2. The number of carbonyl (C=O) groups excluding carboxylic acids is 1. The number of amides is 1. The third-order valence-electron chi connectivity index (χ3n) is 1.57. The molecule has 76 valence electrons. The summed E-state index contributed by atoms with van der Waals surface area (Å²) >= 11 is 1.56. The van der Waals surface area contributed by atoms with Crippen LogP contribution in [0.1, 0.15) is 19.8 Å². The van der Waals surface area contributed by atoms with Crippen molar-refractivity contribution in [1.82, 2.24) is 5.32 Å². The predicted octanol–water partition coefficient (Wildman–Crippen LogP) is 0.719. The minimum atomic E-state index is -0.972. The molecule has 0 heterocycles. The average Bonchev–Trinajstić information content (AvgIpc) is 2.10. The topological polar surface area (TPSA) is 66.4 Å². The van der Waals surface area contributed by atoms with Gasteiger partial charge in [0, 0.05) is 12.2 Å². The molecular formula is C8H15NO3S. The van der Waals surface area contributed by atoms with E-state index >= 15 is 0 Å². The van der Waals surface area contributed by atoms with Crippen LogP contribution in [0.5, 0.6) is 0 Å². The fraction of sp³-hybridized carbons (Fsp3) is 0.750. The van der Waals surface area contributed by atoms with Crippen LogP contribution in [-0.2, 0) is 9.59 Å². The zero-order valence-corrected chi connectivity index (χ0v) is 8.69. The van der Waals surface area contributed by atoms with Crippen LogP contribution in [0.25, 0.3) is 0 Å². The van der Waals surface area contributed by atoms with Gasteiger partial charge in [0.15, 0.2) is 0 Å². The van der Waals surface area contributed by atoms with Crippen molar-refractivity contribution in [2.24, 2.45) is 0 Å². The molecule has 0 unspecified atom stereocenters. The van der Waals surface area contributed by atoms with Gasteiger partial charge in [-0.2, -0.15) is 11.8 Å². The van der Waals surface area contributed by atoms with Crippen LogP contribution < -0.4 is 5.32 Å². The summed E-state index contributed by atoms with van der Waals surface area (Å²) in [6.45, 7) is 1.73. The summed E-state index contributed by atoms with van der Waals surface area (Å²) in [6.07, 6.45) is 2.70. The molecular weight excluding hydrogens is 190 g/mol. The number of thioether (sulfide) groups is 1. The second kappa shape index (κ2) is 6.77. The van der Waals surface area contributed by atoms with Crippen molar-refractivity contribution in [3.05, 3.63) is 0 Å². The Labute approximate surface area is 82.1 Å². The second-order valence-corrected chi connectivity index (χ2v) is 3.59. The van der Waals surface area contributed by atoms with Gasteiger partial charge < -0.3 is 10.4 Å². The van der Waals surface area contributed by atoms with Crippen LogP contribution in [0.4, 0.5) is 0 Å². The van der Waals surface area contributed by atoms with Crippen molar-refractivity contribution < 1.29 is 14.7 Å². The first-order valence-electron chi connectivity index (χ1n) is 4.13. The molecule has 0 saturated carbocycles. The molecule has 0 bridgehead atoms. The SMILES string of the molecule is CC[C@H](NC(=O)CCSC)C(=O)O. The smallest absolute Gasteiger partial charge is 0.326 e. The number of rotatable bonds is 6. The number of carboxylic acids is 1. The summed E-state index contributed by atoms with van der Waals surface area (Å²) in [4.78, 5) is 21.6. The van der Waals surface area contributed by atoms with E-state index in [1.807, 2.05) is 6.26 Å². The molecule has 0 aromatic carbocycles. The molecule has 2 N–H and O–H groups in total. The third-order valence-corrected chi connectivity index (χ3v) is 2.19. The summed E-state index contributed by atoms with van der Waals surface area (Å²) in [5, 5.41) is 11.1. The number of carbonyl (C=O) groups is 2. The molecule has 0 aromatic heterocycles. The molecule has 0 aliphatic heterocycles. The van der Waals surface area contributed by atoms with Gasteiger partial charge in [-0.3, -0.25) is 4.79 Å². The van der Waals surface area contributed by atoms with Gasteiger partial charge in [0.05, 0.1) is 0 Å². The maximum Gasteiger partial charge on any atom is 0.326 e. The van der Waals surface area contributed by atoms with Crippen LogP contribution in [0.3, 0.4) is 0 Å². The molecule has 0 rings (SSSR count). The monoisotopic (exact) mass is 205 g/mol. The summed E-state index contributed by atoms with van der Waals surface area (Å²) in [7, 11) is 0. The number of carboxylic acid groups (broad SMARTS) is 1. The highest BCUT2D eigenvalue weighted by Crippen LogP contribution is 1.97. The first-order chi connectivity index (χ1) is 6.11. The Bertz CT molecular complexity index is 184. The molecule has 1 atom stereocenters. The van der Waals surface area contributed by atoms with Gasteiger partial charge in [-0.05, 0) is 12.7 Å². The van der Waals surface area contributed by atoms with Gasteiger partial charge in [0.1, 0.15) is 6.04 Å². The summed E-state index contributed by atoms with van der Waals surface area (Å²) < 4.78 is 0. The van der Waals surface area contributed by atoms with Crippen molar-refractivity contribution in [1.29, 1.82) is 0 Å². The van der Waals surface area contributed by atoms with E-state index in [1.165, 1.54) is 0 Å². The molecule has 4 nitrogen and oxygen atoms in total. The van der Waals surface area contributed by atoms with Gasteiger partial charge in [-0.1, -0.05) is 6.92 Å². The van der Waals surface area contributed by atoms with Crippen molar-refractivity contribution >= 4 is 23.6 Å². The van der Waals surface area contributed by atoms with E-state index in [-0.39, 0.29) is 5.91 Å². The normalized spacial score (nSPS) is 12.2. The van der Waals surface area contributed by atoms with Crippen molar-refractivity contribution in [2.75, 3.05) is 12.0 Å². The van der Waals surface area contributed by atoms with E-state index in [0.717, 1.165) is 5.75 Å². The summed E-state index contributed by atoms with van der Waals surface area (Å²) in [6, 6.07) is -0.741. The standard InChI is InChI=1S/C8H15NO3S/c1-3-6(8(11)12)9-7(10)4-5-13-2/h6H,3-5H2,1-2H3,(H,9,10)(H,11,12)/t6-/m0/s1. The first-order valence-corrected chi connectivity index (χ1v) is 5.52. The van der Waals surface area contributed by atoms with E-state index in [4.69, 9.17) is 5.11 Å². The van der Waals surface area contributed by atoms with Crippen molar-refractivity contribution in [3.63, 3.8) is 0 Å². The average molecular weight is 205 g/mol. The molecule has 0 fully saturated rings. The van der Waals surface area contributed by atoms with Crippen LogP contribution in [-0.4, -0.2) is 35.0 Å². The van der Waals surface area contributed by atoms with E-state index in [0.29, 0.717) is 12.8 Å². The number of aliphatic carboxylic acids is 1. The Hall–Kier alpha value is -0.710. The van der Waals surface area contributed by atoms with Gasteiger partial charge in [0.25, 0.3) is 0 Å². The quantitative estimate of drug-likeness (QED) is 0.670. The lowest BCUT2D eigenvalue weighted by Crippen LogP contribution is -2.40. The molecule has 0 saturated heterocycles. The molecule has 0 aliphatic carbocycles. The molecule has 0 radical (unpaired) electrons. The van der Waals surface area contributed by atoms with Gasteiger partial charge in [-0.15, -0.1) is 0 Å². The fourth-order valence-electron chi connectivity index (χ4n) is 0.800. The fourth-order valence-corrected chi connectivity index (χ4v) is 1.19. The largest absolute Gasteiger partial charge is 0.480 e. The lowest BCUT2D eigenvalue weighted by molar-refractivity contribution is -0.141. The molecule has 0 aliphatic rings. The predicted molar refractivity (Wildman–Crippen MR) is 52.9 cm³/mol. The molecule has 0 aromatic rings. The van der Waals surface area contributed by atoms with Crippen LogP contribution >= 0.6 is 11.8 Å². The third kappa shape index (κ3) is 5.52. The Morgan fingerprint density at radius 2 is 2.15 bits per heavy atom. The van der Waals surface area contributed by atoms with Crippen LogP contribution in [0, 0.1) is 0 Å². The van der Waals surface area contributed by atoms with Gasteiger partial charge >= 0.3 is 5.97 Å². The maximum atomic E-state index is 11.1. The van der Waals surface area contributed by atoms with E-state index in [9.17, 15) is 9.59 Å². The number of hydrogen-bond acceptors (Lipinski definition) is 3. The highest BCUT2D eigenvalue weighted by molar-refractivity contribution is 7.98. The zero-order chi connectivity index (χ0) is 10.3. The highest BCUT2D eigenvalue weighted by Gasteiger charge is 2.16. The molecule has 5 heteroatoms. The minimum Gasteiger partial charge on any atom is -0.480 e. The van der Waals surface area contributed by atoms with Crippen LogP contribution in [0.2, 0.25) is 0 Å². The molecule has 0 spiro atoms. The van der Waals surface area contributed by atoms with Crippen molar-refractivity contribution in [3.8, 4) is 0 Å². The zero-order valence-electron chi connectivity index (χ0n) is 7.87. The minimum absolute atomic E-state index is 0.191. The lowest BCUT2D eigenvalue weighted by atomic mass is 10.2. The number of hydrogen-bond donors (Lipinski definition) is 2. The van der Waals surface area contributed by atoms with Crippen LogP contribution in [0.15, 0.2) is 0 Å². The molecule has 13 heavy (non-hydrogen) atoms. The summed E-state index contributed by atoms with van der Waals surface area (Å²) in [5.41, 5.74) is 0. The van der Waals surface area contributed by atoms with Gasteiger partial charge in [-0.25, -0.2) is 4.79 Å². The summed E-state index contributed by atoms with van der Waals surface area (Å²) in [5.74, 6) is -0.439. The Kier molecular flexibility index (Phi) is 6.40. The number of nitrogens with one attached hydrogen (secondary N) is 1. The lowest BCUT2D eigenvalue weighted by Gasteiger charge is -2.11. The Morgan fingerprint density at radius 1 is 1.54 bits per heavy atom. The molecule has 1 amide bonds.